The zero-order chi connectivity index (χ0) is 10.4. The number of ether oxygens (including phenoxy) is 1. The van der Waals surface area contributed by atoms with E-state index >= 15 is 0 Å². The summed E-state index contributed by atoms with van der Waals surface area (Å²) in [5.41, 5.74) is 4.25. The molecule has 0 radical (unpaired) electrons. The van der Waals surface area contributed by atoms with Crippen LogP contribution in [-0.2, 0) is 4.74 Å². The van der Waals surface area contributed by atoms with Crippen molar-refractivity contribution in [2.24, 2.45) is 11.8 Å². The molecule has 1 aliphatic rings. The van der Waals surface area contributed by atoms with Gasteiger partial charge in [-0.25, -0.2) is 0 Å². The lowest BCUT2D eigenvalue weighted by molar-refractivity contribution is 0.212. The molecule has 1 aliphatic heterocycles. The number of nitrogens with one attached hydrogen (secondary N) is 1. The minimum absolute atomic E-state index is 0.297. The van der Waals surface area contributed by atoms with Crippen LogP contribution < -0.4 is 11.3 Å². The zero-order valence-electron chi connectivity index (χ0n) is 9.25. The molecule has 3 heteroatoms. The number of nitrogens with two attached hydrogens (primary N) is 1. The molecule has 0 aromatic heterocycles. The van der Waals surface area contributed by atoms with Crippen LogP contribution in [0.1, 0.15) is 39.5 Å². The minimum Gasteiger partial charge on any atom is -0.501 e. The molecule has 14 heavy (non-hydrogen) atoms. The van der Waals surface area contributed by atoms with Gasteiger partial charge in [-0.3, -0.25) is 11.3 Å². The average molecular weight is 198 g/mol. The molecule has 0 spiro atoms. The van der Waals surface area contributed by atoms with Gasteiger partial charge in [-0.1, -0.05) is 26.7 Å². The maximum absolute atomic E-state index is 5.61. The molecule has 0 bridgehead atoms. The van der Waals surface area contributed by atoms with Crippen molar-refractivity contribution in [2.75, 3.05) is 6.61 Å². The smallest absolute Gasteiger partial charge is 0.0876 e. The van der Waals surface area contributed by atoms with Crippen molar-refractivity contribution in [3.8, 4) is 0 Å². The third-order valence-electron chi connectivity index (χ3n) is 3.06. The highest BCUT2D eigenvalue weighted by atomic mass is 16.5. The molecule has 1 rings (SSSR count). The largest absolute Gasteiger partial charge is 0.501 e. The quantitative estimate of drug-likeness (QED) is 0.524. The molecule has 1 unspecified atom stereocenters. The van der Waals surface area contributed by atoms with Crippen molar-refractivity contribution in [1.29, 1.82) is 0 Å². The fourth-order valence-electron chi connectivity index (χ4n) is 2.12. The predicted molar refractivity (Wildman–Crippen MR) is 58.5 cm³/mol. The highest BCUT2D eigenvalue weighted by molar-refractivity contribution is 5.11. The minimum atomic E-state index is 0.297. The molecule has 0 amide bonds. The van der Waals surface area contributed by atoms with Crippen LogP contribution in [0.3, 0.4) is 0 Å². The maximum Gasteiger partial charge on any atom is 0.0876 e. The highest BCUT2D eigenvalue weighted by Crippen LogP contribution is 2.24. The fourth-order valence-corrected chi connectivity index (χ4v) is 2.12. The first kappa shape index (κ1) is 11.5. The number of rotatable bonds is 5. The van der Waals surface area contributed by atoms with E-state index in [-0.39, 0.29) is 0 Å². The Balaban J connectivity index is 2.63. The van der Waals surface area contributed by atoms with Gasteiger partial charge < -0.3 is 4.74 Å². The van der Waals surface area contributed by atoms with Crippen molar-refractivity contribution in [3.63, 3.8) is 0 Å². The van der Waals surface area contributed by atoms with Crippen molar-refractivity contribution < 1.29 is 4.74 Å². The van der Waals surface area contributed by atoms with Crippen molar-refractivity contribution >= 4 is 0 Å². The lowest BCUT2D eigenvalue weighted by Crippen LogP contribution is -2.42. The van der Waals surface area contributed by atoms with Gasteiger partial charge in [-0.05, 0) is 24.3 Å². The van der Waals surface area contributed by atoms with Crippen LogP contribution in [0.4, 0.5) is 0 Å². The van der Waals surface area contributed by atoms with Crippen LogP contribution in [0.5, 0.6) is 0 Å². The molecule has 0 fully saturated rings. The van der Waals surface area contributed by atoms with Crippen molar-refractivity contribution in [2.45, 2.75) is 45.6 Å². The first-order chi connectivity index (χ1) is 6.83. The van der Waals surface area contributed by atoms with E-state index in [9.17, 15) is 0 Å². The van der Waals surface area contributed by atoms with Gasteiger partial charge in [0.2, 0.25) is 0 Å². The van der Waals surface area contributed by atoms with Gasteiger partial charge in [0.05, 0.1) is 12.9 Å². The first-order valence-corrected chi connectivity index (χ1v) is 5.60. The van der Waals surface area contributed by atoms with Gasteiger partial charge in [0.25, 0.3) is 0 Å². The second-order valence-electron chi connectivity index (χ2n) is 3.89. The van der Waals surface area contributed by atoms with E-state index in [0.29, 0.717) is 12.0 Å². The van der Waals surface area contributed by atoms with Crippen LogP contribution in [0.15, 0.2) is 11.8 Å². The molecule has 3 nitrogen and oxygen atoms in total. The highest BCUT2D eigenvalue weighted by Gasteiger charge is 2.22. The summed E-state index contributed by atoms with van der Waals surface area (Å²) < 4.78 is 5.35. The molecule has 0 aromatic rings. The summed E-state index contributed by atoms with van der Waals surface area (Å²) in [4.78, 5) is 0. The van der Waals surface area contributed by atoms with Gasteiger partial charge in [0.1, 0.15) is 0 Å². The van der Waals surface area contributed by atoms with Gasteiger partial charge in [-0.15, -0.1) is 0 Å². The van der Waals surface area contributed by atoms with Crippen LogP contribution in [-0.4, -0.2) is 12.6 Å². The number of hydrogen-bond acceptors (Lipinski definition) is 3. The van der Waals surface area contributed by atoms with E-state index in [0.717, 1.165) is 32.3 Å². The zero-order valence-corrected chi connectivity index (χ0v) is 9.25. The summed E-state index contributed by atoms with van der Waals surface area (Å²) in [6, 6.07) is 0.297. The number of hydrazine groups is 1. The van der Waals surface area contributed by atoms with Crippen LogP contribution in [0.25, 0.3) is 0 Å². The van der Waals surface area contributed by atoms with Gasteiger partial charge in [-0.2, -0.15) is 0 Å². The third kappa shape index (κ3) is 2.72. The molecule has 0 saturated carbocycles. The lowest BCUT2D eigenvalue weighted by Gasteiger charge is -2.28. The van der Waals surface area contributed by atoms with Crippen molar-refractivity contribution in [3.05, 3.63) is 11.8 Å². The molecular formula is C11H22N2O. The lowest BCUT2D eigenvalue weighted by atomic mass is 9.87. The van der Waals surface area contributed by atoms with Gasteiger partial charge >= 0.3 is 0 Å². The van der Waals surface area contributed by atoms with E-state index in [2.05, 4.69) is 19.3 Å². The maximum atomic E-state index is 5.61. The summed E-state index contributed by atoms with van der Waals surface area (Å²) in [7, 11) is 0. The van der Waals surface area contributed by atoms with E-state index in [1.807, 2.05) is 6.26 Å². The summed E-state index contributed by atoms with van der Waals surface area (Å²) in [5, 5.41) is 0. The van der Waals surface area contributed by atoms with Crippen LogP contribution in [0, 0.1) is 5.92 Å². The third-order valence-corrected chi connectivity index (χ3v) is 3.06. The second-order valence-corrected chi connectivity index (χ2v) is 3.89. The van der Waals surface area contributed by atoms with E-state index < -0.39 is 0 Å². The standard InChI is InChI=1S/C11H22N2O/c1-3-9(4-2)11(13-12)10-6-5-7-14-8-10/h8-9,11,13H,3-7,12H2,1-2H3. The first-order valence-electron chi connectivity index (χ1n) is 5.60. The van der Waals surface area contributed by atoms with Crippen LogP contribution >= 0.6 is 0 Å². The van der Waals surface area contributed by atoms with E-state index in [1.54, 1.807) is 0 Å². The Labute approximate surface area is 86.7 Å². The Kier molecular flexibility index (Phi) is 4.98. The van der Waals surface area contributed by atoms with E-state index in [4.69, 9.17) is 10.6 Å². The topological polar surface area (TPSA) is 47.3 Å². The monoisotopic (exact) mass is 198 g/mol. The molecule has 0 aliphatic carbocycles. The molecule has 0 saturated heterocycles. The van der Waals surface area contributed by atoms with E-state index in [1.165, 1.54) is 5.57 Å². The molecule has 3 N–H and O–H groups in total. The molecule has 0 aromatic carbocycles. The summed E-state index contributed by atoms with van der Waals surface area (Å²) in [5.74, 6) is 6.23. The molecular weight excluding hydrogens is 176 g/mol. The Morgan fingerprint density at radius 1 is 1.50 bits per heavy atom. The summed E-state index contributed by atoms with van der Waals surface area (Å²) >= 11 is 0. The average Bonchev–Trinajstić information content (AvgIpc) is 2.27. The molecule has 1 heterocycles. The van der Waals surface area contributed by atoms with Gasteiger partial charge in [0, 0.05) is 6.04 Å². The summed E-state index contributed by atoms with van der Waals surface area (Å²) in [6.45, 7) is 5.27. The Bertz CT molecular complexity index is 188. The molecule has 82 valence electrons. The SMILES string of the molecule is CCC(CC)C(NN)C1=COCCC1. The predicted octanol–water partition coefficient (Wildman–Crippen LogP) is 1.95. The Morgan fingerprint density at radius 3 is 2.64 bits per heavy atom. The van der Waals surface area contributed by atoms with Crippen molar-refractivity contribution in [1.82, 2.24) is 5.43 Å². The fraction of sp³-hybridized carbons (Fsp3) is 0.818. The normalized spacial score (nSPS) is 19.0. The van der Waals surface area contributed by atoms with Crippen LogP contribution in [0.2, 0.25) is 0 Å². The number of hydrogen-bond donors (Lipinski definition) is 2. The molecule has 1 atom stereocenters. The second kappa shape index (κ2) is 6.04. The summed E-state index contributed by atoms with van der Waals surface area (Å²) in [6.07, 6.45) is 6.44. The Hall–Kier alpha value is -0.540. The van der Waals surface area contributed by atoms with Gasteiger partial charge in [0.15, 0.2) is 0 Å². The Morgan fingerprint density at radius 2 is 2.21 bits per heavy atom.